The van der Waals surface area contributed by atoms with Gasteiger partial charge in [0.25, 0.3) is 0 Å². The average Bonchev–Trinajstić information content (AvgIpc) is 2.62. The molecule has 1 amide bonds. The van der Waals surface area contributed by atoms with Gasteiger partial charge in [0.1, 0.15) is 11.6 Å². The molecule has 0 spiro atoms. The number of amides is 1. The molecule has 0 saturated heterocycles. The number of anilines is 1. The van der Waals surface area contributed by atoms with Crippen LogP contribution in [0, 0.1) is 0 Å². The van der Waals surface area contributed by atoms with E-state index in [-0.39, 0.29) is 0 Å². The third kappa shape index (κ3) is 3.50. The van der Waals surface area contributed by atoms with Gasteiger partial charge in [-0.15, -0.1) is 0 Å². The van der Waals surface area contributed by atoms with E-state index in [1.54, 1.807) is 25.3 Å². The summed E-state index contributed by atoms with van der Waals surface area (Å²) >= 11 is 0. The summed E-state index contributed by atoms with van der Waals surface area (Å²) in [5.74, 6) is 1.56. The van der Waals surface area contributed by atoms with E-state index in [2.05, 4.69) is 11.1 Å². The van der Waals surface area contributed by atoms with Crippen LogP contribution in [0.4, 0.5) is 10.6 Å². The van der Waals surface area contributed by atoms with E-state index in [4.69, 9.17) is 9.47 Å². The number of fused-ring (bicyclic) bond motifs is 1. The molecule has 1 aliphatic rings. The maximum Gasteiger partial charge on any atom is 0.420 e. The van der Waals surface area contributed by atoms with Gasteiger partial charge in [-0.05, 0) is 61.9 Å². The van der Waals surface area contributed by atoms with Crippen molar-refractivity contribution in [3.05, 3.63) is 47.5 Å². The number of methoxy groups -OCH3 is 1. The molecule has 2 aromatic rings. The average molecular weight is 326 g/mol. The van der Waals surface area contributed by atoms with Gasteiger partial charge in [0.2, 0.25) is 5.88 Å². The largest absolute Gasteiger partial charge is 0.481 e. The van der Waals surface area contributed by atoms with Crippen LogP contribution in [0.5, 0.6) is 11.6 Å². The monoisotopic (exact) mass is 326 g/mol. The van der Waals surface area contributed by atoms with Gasteiger partial charge in [0.05, 0.1) is 7.11 Å². The normalized spacial score (nSPS) is 13.1. The number of rotatable bonds is 4. The van der Waals surface area contributed by atoms with Crippen LogP contribution in [0.1, 0.15) is 30.9 Å². The van der Waals surface area contributed by atoms with E-state index in [0.717, 1.165) is 12.8 Å². The molecule has 1 aromatic carbocycles. The molecule has 0 bridgehead atoms. The number of ether oxygens (including phenoxy) is 2. The summed E-state index contributed by atoms with van der Waals surface area (Å²) in [5, 5.41) is 0. The van der Waals surface area contributed by atoms with E-state index in [1.807, 2.05) is 19.1 Å². The second kappa shape index (κ2) is 7.34. The van der Waals surface area contributed by atoms with Crippen LogP contribution < -0.4 is 14.4 Å². The second-order valence-corrected chi connectivity index (χ2v) is 5.79. The fourth-order valence-corrected chi connectivity index (χ4v) is 2.98. The molecular formula is C19H22N2O3. The molecule has 0 saturated carbocycles. The smallest absolute Gasteiger partial charge is 0.420 e. The molecule has 1 aromatic heterocycles. The Morgan fingerprint density at radius 3 is 2.71 bits per heavy atom. The van der Waals surface area contributed by atoms with E-state index in [0.29, 0.717) is 24.0 Å². The first-order valence-electron chi connectivity index (χ1n) is 8.33. The minimum Gasteiger partial charge on any atom is -0.481 e. The summed E-state index contributed by atoms with van der Waals surface area (Å²) < 4.78 is 10.7. The quantitative estimate of drug-likeness (QED) is 0.852. The second-order valence-electron chi connectivity index (χ2n) is 5.79. The molecule has 5 heteroatoms. The van der Waals surface area contributed by atoms with Crippen molar-refractivity contribution < 1.29 is 14.3 Å². The van der Waals surface area contributed by atoms with Gasteiger partial charge in [0.15, 0.2) is 0 Å². The van der Waals surface area contributed by atoms with E-state index < -0.39 is 6.09 Å². The third-order valence-electron chi connectivity index (χ3n) is 4.26. The number of hydrogen-bond donors (Lipinski definition) is 0. The molecule has 0 aliphatic heterocycles. The summed E-state index contributed by atoms with van der Waals surface area (Å²) in [6.45, 7) is 2.35. The fraction of sp³-hybridized carbons (Fsp3) is 0.368. The molecule has 0 N–H and O–H groups in total. The molecule has 0 unspecified atom stereocenters. The topological polar surface area (TPSA) is 51.7 Å². The van der Waals surface area contributed by atoms with Gasteiger partial charge < -0.3 is 9.47 Å². The maximum atomic E-state index is 12.5. The van der Waals surface area contributed by atoms with Gasteiger partial charge >= 0.3 is 6.09 Å². The van der Waals surface area contributed by atoms with E-state index in [9.17, 15) is 4.79 Å². The Balaban J connectivity index is 1.77. The number of hydrogen-bond acceptors (Lipinski definition) is 4. The number of carbonyl (C=O) groups is 1. The van der Waals surface area contributed by atoms with Crippen molar-refractivity contribution in [2.24, 2.45) is 0 Å². The molecule has 1 heterocycles. The first-order chi connectivity index (χ1) is 11.7. The number of nitrogens with zero attached hydrogens (tertiary/aromatic N) is 2. The first-order valence-corrected chi connectivity index (χ1v) is 8.33. The van der Waals surface area contributed by atoms with E-state index >= 15 is 0 Å². The molecule has 0 atom stereocenters. The van der Waals surface area contributed by atoms with E-state index in [1.165, 1.54) is 28.9 Å². The molecule has 0 radical (unpaired) electrons. The highest BCUT2D eigenvalue weighted by atomic mass is 16.6. The minimum absolute atomic E-state index is 0.436. The lowest BCUT2D eigenvalue weighted by molar-refractivity contribution is 0.207. The van der Waals surface area contributed by atoms with Gasteiger partial charge in [-0.3, -0.25) is 4.90 Å². The standard InChI is InChI=1S/C19H22N2O3/c1-3-21(17-9-6-10-18(20-17)23-2)19(22)24-16-12-11-14-7-4-5-8-15(14)13-16/h6,9-13H,3-5,7-8H2,1-2H3. The van der Waals surface area contributed by atoms with Crippen LogP contribution in [0.3, 0.4) is 0 Å². The van der Waals surface area contributed by atoms with Crippen LogP contribution in [0.2, 0.25) is 0 Å². The Hall–Kier alpha value is -2.56. The van der Waals surface area contributed by atoms with Gasteiger partial charge in [-0.25, -0.2) is 4.79 Å². The molecule has 126 valence electrons. The predicted octanol–water partition coefficient (Wildman–Crippen LogP) is 3.99. The maximum absolute atomic E-state index is 12.5. The van der Waals surface area contributed by atoms with Crippen molar-refractivity contribution in [2.75, 3.05) is 18.6 Å². The van der Waals surface area contributed by atoms with Crippen LogP contribution >= 0.6 is 0 Å². The van der Waals surface area contributed by atoms with Crippen molar-refractivity contribution in [1.82, 2.24) is 4.98 Å². The molecular weight excluding hydrogens is 304 g/mol. The van der Waals surface area contributed by atoms with Crippen molar-refractivity contribution in [2.45, 2.75) is 32.6 Å². The zero-order chi connectivity index (χ0) is 16.9. The van der Waals surface area contributed by atoms with Crippen LogP contribution in [0.15, 0.2) is 36.4 Å². The number of pyridine rings is 1. The van der Waals surface area contributed by atoms with Crippen LogP contribution in [-0.2, 0) is 12.8 Å². The zero-order valence-electron chi connectivity index (χ0n) is 14.1. The first kappa shape index (κ1) is 16.3. The number of aromatic nitrogens is 1. The van der Waals surface area contributed by atoms with Crippen molar-refractivity contribution >= 4 is 11.9 Å². The lowest BCUT2D eigenvalue weighted by Gasteiger charge is -2.21. The number of benzene rings is 1. The fourth-order valence-electron chi connectivity index (χ4n) is 2.98. The summed E-state index contributed by atoms with van der Waals surface area (Å²) in [6.07, 6.45) is 4.15. The Kier molecular flexibility index (Phi) is 4.99. The van der Waals surface area contributed by atoms with Crippen molar-refractivity contribution in [1.29, 1.82) is 0 Å². The molecule has 5 nitrogen and oxygen atoms in total. The van der Waals surface area contributed by atoms with Crippen LogP contribution in [0.25, 0.3) is 0 Å². The molecule has 24 heavy (non-hydrogen) atoms. The van der Waals surface area contributed by atoms with Crippen molar-refractivity contribution in [3.8, 4) is 11.6 Å². The third-order valence-corrected chi connectivity index (χ3v) is 4.26. The lowest BCUT2D eigenvalue weighted by atomic mass is 9.92. The Morgan fingerprint density at radius 2 is 1.96 bits per heavy atom. The highest BCUT2D eigenvalue weighted by molar-refractivity contribution is 5.88. The van der Waals surface area contributed by atoms with Crippen molar-refractivity contribution in [3.63, 3.8) is 0 Å². The van der Waals surface area contributed by atoms with Crippen LogP contribution in [-0.4, -0.2) is 24.7 Å². The lowest BCUT2D eigenvalue weighted by Crippen LogP contribution is -2.34. The zero-order valence-corrected chi connectivity index (χ0v) is 14.1. The molecule has 3 rings (SSSR count). The SMILES string of the molecule is CCN(C(=O)Oc1ccc2c(c1)CCCC2)c1cccc(OC)n1. The Bertz CT molecular complexity index is 730. The summed E-state index contributed by atoms with van der Waals surface area (Å²) in [7, 11) is 1.55. The minimum atomic E-state index is -0.436. The highest BCUT2D eigenvalue weighted by Gasteiger charge is 2.19. The Labute approximate surface area is 142 Å². The molecule has 0 fully saturated rings. The highest BCUT2D eigenvalue weighted by Crippen LogP contribution is 2.26. The Morgan fingerprint density at radius 1 is 1.17 bits per heavy atom. The predicted molar refractivity (Wildman–Crippen MR) is 92.9 cm³/mol. The van der Waals surface area contributed by atoms with Gasteiger partial charge in [-0.1, -0.05) is 12.1 Å². The van der Waals surface area contributed by atoms with Gasteiger partial charge in [0, 0.05) is 12.6 Å². The number of carbonyl (C=O) groups excluding carboxylic acids is 1. The van der Waals surface area contributed by atoms with Gasteiger partial charge in [-0.2, -0.15) is 4.98 Å². The molecule has 1 aliphatic carbocycles. The summed E-state index contributed by atoms with van der Waals surface area (Å²) in [6, 6.07) is 11.2. The number of aryl methyl sites for hydroxylation is 2. The summed E-state index contributed by atoms with van der Waals surface area (Å²) in [4.78, 5) is 18.3. The summed E-state index contributed by atoms with van der Waals surface area (Å²) in [5.41, 5.74) is 2.65.